The van der Waals surface area contributed by atoms with Crippen molar-refractivity contribution in [3.8, 4) is 17.2 Å². The number of aromatic nitrogens is 3. The molecule has 7 nitrogen and oxygen atoms in total. The van der Waals surface area contributed by atoms with Gasteiger partial charge in [-0.3, -0.25) is 4.90 Å². The second kappa shape index (κ2) is 8.16. The predicted molar refractivity (Wildman–Crippen MR) is 113 cm³/mol. The van der Waals surface area contributed by atoms with Crippen molar-refractivity contribution in [1.29, 1.82) is 0 Å². The van der Waals surface area contributed by atoms with Crippen molar-refractivity contribution < 1.29 is 14.2 Å². The standard InChI is InChI=1S/C12H12N4O2S.C8H14FN/c1-6-3-7(18-2)4-8(17)10(6)16-5-9-11(15-16)14-12(13)19-9;9-7-2-1-5-10(6-7)8-3-4-8/h3-5,17H,1-2H3,(H2,13,14,15);7-8H,1-6H2. The molecule has 1 aromatic carbocycles. The van der Waals surface area contributed by atoms with E-state index in [2.05, 4.69) is 15.0 Å². The number of methoxy groups -OCH3 is 1. The number of likely N-dealkylation sites (tertiary alicyclic amines) is 1. The molecule has 1 saturated carbocycles. The first-order valence-corrected chi connectivity index (χ1v) is 10.6. The fourth-order valence-electron chi connectivity index (χ4n) is 3.72. The Morgan fingerprint density at radius 1 is 1.31 bits per heavy atom. The maximum absolute atomic E-state index is 12.8. The number of thiazole rings is 1. The molecule has 156 valence electrons. The molecule has 0 spiro atoms. The molecule has 1 aliphatic heterocycles. The highest BCUT2D eigenvalue weighted by Gasteiger charge is 2.32. The molecule has 0 amide bonds. The number of phenols is 1. The molecule has 3 aromatic rings. The van der Waals surface area contributed by atoms with E-state index in [9.17, 15) is 9.50 Å². The van der Waals surface area contributed by atoms with Crippen molar-refractivity contribution in [2.45, 2.75) is 44.8 Å². The van der Waals surface area contributed by atoms with Gasteiger partial charge in [0.1, 0.15) is 23.4 Å². The van der Waals surface area contributed by atoms with Crippen molar-refractivity contribution >= 4 is 26.8 Å². The number of anilines is 1. The fraction of sp³-hybridized carbons (Fsp3) is 0.500. The van der Waals surface area contributed by atoms with Gasteiger partial charge in [0, 0.05) is 18.7 Å². The van der Waals surface area contributed by atoms with Gasteiger partial charge in [0.05, 0.1) is 18.0 Å². The van der Waals surface area contributed by atoms with Crippen molar-refractivity contribution in [3.63, 3.8) is 0 Å². The number of nitrogens with two attached hydrogens (primary N) is 1. The molecule has 1 unspecified atom stereocenters. The van der Waals surface area contributed by atoms with E-state index >= 15 is 0 Å². The molecule has 3 N–H and O–H groups in total. The average Bonchev–Trinajstić information content (AvgIpc) is 3.37. The molecule has 0 bridgehead atoms. The van der Waals surface area contributed by atoms with E-state index in [0.29, 0.717) is 28.8 Å². The van der Waals surface area contributed by atoms with E-state index in [0.717, 1.165) is 35.7 Å². The number of hydrogen-bond donors (Lipinski definition) is 2. The van der Waals surface area contributed by atoms with E-state index in [4.69, 9.17) is 10.5 Å². The highest BCUT2D eigenvalue weighted by atomic mass is 32.1. The van der Waals surface area contributed by atoms with E-state index in [1.165, 1.54) is 24.2 Å². The summed E-state index contributed by atoms with van der Waals surface area (Å²) in [6.07, 6.45) is 5.76. The second-order valence-electron chi connectivity index (χ2n) is 7.59. The molecule has 1 aliphatic carbocycles. The zero-order valence-corrected chi connectivity index (χ0v) is 17.5. The number of aryl methyl sites for hydroxylation is 1. The summed E-state index contributed by atoms with van der Waals surface area (Å²) in [7, 11) is 1.56. The number of fused-ring (bicyclic) bond motifs is 1. The van der Waals surface area contributed by atoms with Crippen molar-refractivity contribution in [2.75, 3.05) is 25.9 Å². The summed E-state index contributed by atoms with van der Waals surface area (Å²) < 4.78 is 20.4. The van der Waals surface area contributed by atoms with Gasteiger partial charge in [0.25, 0.3) is 0 Å². The molecule has 5 rings (SSSR count). The van der Waals surface area contributed by atoms with Crippen LogP contribution in [-0.2, 0) is 0 Å². The van der Waals surface area contributed by atoms with Gasteiger partial charge < -0.3 is 15.6 Å². The highest BCUT2D eigenvalue weighted by Crippen LogP contribution is 2.32. The van der Waals surface area contributed by atoms with E-state index in [1.54, 1.807) is 24.1 Å². The van der Waals surface area contributed by atoms with E-state index in [1.807, 2.05) is 13.0 Å². The average molecular weight is 420 g/mol. The molecule has 1 saturated heterocycles. The van der Waals surface area contributed by atoms with Gasteiger partial charge >= 0.3 is 0 Å². The first-order valence-electron chi connectivity index (χ1n) is 9.82. The molecule has 2 aromatic heterocycles. The normalized spacial score (nSPS) is 19.8. The maximum atomic E-state index is 12.8. The number of alkyl halides is 1. The zero-order valence-electron chi connectivity index (χ0n) is 16.6. The number of benzene rings is 1. The van der Waals surface area contributed by atoms with Crippen LogP contribution in [0.1, 0.15) is 31.2 Å². The second-order valence-corrected chi connectivity index (χ2v) is 8.65. The lowest BCUT2D eigenvalue weighted by Gasteiger charge is -2.28. The number of halogens is 1. The number of ether oxygens (including phenoxy) is 1. The van der Waals surface area contributed by atoms with Crippen LogP contribution >= 0.6 is 11.3 Å². The van der Waals surface area contributed by atoms with Gasteiger partial charge in [0.2, 0.25) is 0 Å². The van der Waals surface area contributed by atoms with Crippen LogP contribution in [0.4, 0.5) is 9.52 Å². The van der Waals surface area contributed by atoms with Crippen molar-refractivity contribution in [1.82, 2.24) is 19.7 Å². The van der Waals surface area contributed by atoms with Gasteiger partial charge in [-0.1, -0.05) is 11.3 Å². The Balaban J connectivity index is 0.000000171. The summed E-state index contributed by atoms with van der Waals surface area (Å²) >= 11 is 1.36. The SMILES string of the molecule is COc1cc(C)c(-n2cc3sc(N)nc3n2)c(O)c1.FC1CCCN(C2CC2)C1. The minimum Gasteiger partial charge on any atom is -0.506 e. The van der Waals surface area contributed by atoms with Gasteiger partial charge in [0.15, 0.2) is 10.8 Å². The smallest absolute Gasteiger partial charge is 0.194 e. The third kappa shape index (κ3) is 4.45. The van der Waals surface area contributed by atoms with Crippen molar-refractivity contribution in [2.24, 2.45) is 0 Å². The van der Waals surface area contributed by atoms with Gasteiger partial charge in [-0.25, -0.2) is 9.07 Å². The number of piperidine rings is 1. The predicted octanol–water partition coefficient (Wildman–Crippen LogP) is 3.67. The zero-order chi connectivity index (χ0) is 20.5. The Hall–Kier alpha value is -2.39. The Morgan fingerprint density at radius 2 is 2.10 bits per heavy atom. The number of nitrogens with zero attached hydrogens (tertiary/aromatic N) is 4. The highest BCUT2D eigenvalue weighted by molar-refractivity contribution is 7.21. The lowest BCUT2D eigenvalue weighted by atomic mass is 10.1. The van der Waals surface area contributed by atoms with Crippen molar-refractivity contribution in [3.05, 3.63) is 23.9 Å². The molecule has 1 atom stereocenters. The van der Waals surface area contributed by atoms with Gasteiger partial charge in [-0.2, -0.15) is 4.98 Å². The summed E-state index contributed by atoms with van der Waals surface area (Å²) in [6.45, 7) is 3.74. The van der Waals surface area contributed by atoms with E-state index in [-0.39, 0.29) is 5.75 Å². The lowest BCUT2D eigenvalue weighted by molar-refractivity contribution is 0.132. The Bertz CT molecular complexity index is 946. The first-order chi connectivity index (χ1) is 13.9. The molecule has 2 fully saturated rings. The van der Waals surface area contributed by atoms with Crippen LogP contribution in [0.5, 0.6) is 11.5 Å². The van der Waals surface area contributed by atoms with Gasteiger partial charge in [-0.15, -0.1) is 5.10 Å². The van der Waals surface area contributed by atoms with Crippen LogP contribution in [-0.4, -0.2) is 57.2 Å². The Kier molecular flexibility index (Phi) is 5.60. The number of hydrogen-bond acceptors (Lipinski definition) is 7. The lowest BCUT2D eigenvalue weighted by Crippen LogP contribution is -2.37. The van der Waals surface area contributed by atoms with Crippen LogP contribution < -0.4 is 10.5 Å². The summed E-state index contributed by atoms with van der Waals surface area (Å²) in [4.78, 5) is 6.42. The molecular weight excluding hydrogens is 393 g/mol. The van der Waals surface area contributed by atoms with E-state index < -0.39 is 6.17 Å². The fourth-order valence-corrected chi connectivity index (χ4v) is 4.41. The molecule has 2 aliphatic rings. The molecule has 3 heterocycles. The van der Waals surface area contributed by atoms with Crippen LogP contribution in [0, 0.1) is 6.92 Å². The Labute approximate surface area is 172 Å². The topological polar surface area (TPSA) is 89.4 Å². The molecule has 29 heavy (non-hydrogen) atoms. The third-order valence-corrected chi connectivity index (χ3v) is 6.08. The largest absolute Gasteiger partial charge is 0.506 e. The van der Waals surface area contributed by atoms with Crippen LogP contribution in [0.2, 0.25) is 0 Å². The van der Waals surface area contributed by atoms with Crippen LogP contribution in [0.3, 0.4) is 0 Å². The summed E-state index contributed by atoms with van der Waals surface area (Å²) in [5.74, 6) is 0.718. The third-order valence-electron chi connectivity index (χ3n) is 5.27. The number of aromatic hydroxyl groups is 1. The molecular formula is C20H26FN5O2S. The molecule has 0 radical (unpaired) electrons. The quantitative estimate of drug-likeness (QED) is 0.673. The minimum atomic E-state index is -0.533. The summed E-state index contributed by atoms with van der Waals surface area (Å²) in [5.41, 5.74) is 7.67. The summed E-state index contributed by atoms with van der Waals surface area (Å²) in [5, 5.41) is 14.9. The minimum absolute atomic E-state index is 0.111. The molecule has 9 heteroatoms. The maximum Gasteiger partial charge on any atom is 0.194 e. The Morgan fingerprint density at radius 3 is 2.72 bits per heavy atom. The number of phenolic OH excluding ortho intramolecular Hbond substituents is 1. The van der Waals surface area contributed by atoms with Gasteiger partial charge in [-0.05, 0) is 50.8 Å². The number of nitrogen functional groups attached to an aromatic ring is 1. The summed E-state index contributed by atoms with van der Waals surface area (Å²) in [6, 6.07) is 4.16. The number of rotatable bonds is 3. The first kappa shape index (κ1) is 19.9. The van der Waals surface area contributed by atoms with Crippen LogP contribution in [0.15, 0.2) is 18.3 Å². The monoisotopic (exact) mass is 419 g/mol. The van der Waals surface area contributed by atoms with Crippen LogP contribution in [0.25, 0.3) is 16.0 Å².